The van der Waals surface area contributed by atoms with E-state index in [-0.39, 0.29) is 11.8 Å². The molecule has 1 aliphatic heterocycles. The van der Waals surface area contributed by atoms with Crippen LogP contribution in [0.5, 0.6) is 11.5 Å². The lowest BCUT2D eigenvalue weighted by Gasteiger charge is -2.24. The Balaban J connectivity index is 2.11. The van der Waals surface area contributed by atoms with E-state index >= 15 is 0 Å². The first-order valence-corrected chi connectivity index (χ1v) is 6.28. The minimum absolute atomic E-state index is 0.0448. The van der Waals surface area contributed by atoms with Gasteiger partial charge in [-0.3, -0.25) is 9.89 Å². The molecule has 2 N–H and O–H groups in total. The van der Waals surface area contributed by atoms with E-state index in [2.05, 4.69) is 15.5 Å². The van der Waals surface area contributed by atoms with Crippen LogP contribution in [0.15, 0.2) is 24.4 Å². The summed E-state index contributed by atoms with van der Waals surface area (Å²) >= 11 is 0. The van der Waals surface area contributed by atoms with Crippen LogP contribution in [-0.2, 0) is 4.79 Å². The smallest absolute Gasteiger partial charge is 0.226 e. The van der Waals surface area contributed by atoms with Crippen LogP contribution in [0.2, 0.25) is 0 Å². The number of ether oxygens (including phenoxy) is 2. The Morgan fingerprint density at radius 1 is 1.25 bits per heavy atom. The molecule has 1 atom stereocenters. The number of benzene rings is 1. The molecule has 0 aliphatic carbocycles. The highest BCUT2D eigenvalue weighted by molar-refractivity contribution is 5.94. The predicted octanol–water partition coefficient (Wildman–Crippen LogP) is 1.90. The normalized spacial score (nSPS) is 17.3. The van der Waals surface area contributed by atoms with Gasteiger partial charge in [0.2, 0.25) is 5.91 Å². The number of hydrogen-bond donors (Lipinski definition) is 2. The zero-order valence-electron chi connectivity index (χ0n) is 11.3. The number of nitrogens with zero attached hydrogens (tertiary/aromatic N) is 1. The Morgan fingerprint density at radius 3 is 2.85 bits per heavy atom. The molecule has 104 valence electrons. The summed E-state index contributed by atoms with van der Waals surface area (Å²) in [5.74, 6) is 1.98. The quantitative estimate of drug-likeness (QED) is 0.895. The third-order valence-corrected chi connectivity index (χ3v) is 3.51. The van der Waals surface area contributed by atoms with Crippen molar-refractivity contribution in [1.29, 1.82) is 0 Å². The lowest BCUT2D eigenvalue weighted by Crippen LogP contribution is -2.23. The molecule has 0 unspecified atom stereocenters. The SMILES string of the molecule is COc1ccc(OC)c([C@H]2CC(=O)Nc3[nH]ncc32)c1. The third-order valence-electron chi connectivity index (χ3n) is 3.51. The van der Waals surface area contributed by atoms with Crippen LogP contribution in [0.3, 0.4) is 0 Å². The van der Waals surface area contributed by atoms with Crippen LogP contribution in [0.25, 0.3) is 0 Å². The predicted molar refractivity (Wildman–Crippen MR) is 73.2 cm³/mol. The number of aromatic nitrogens is 2. The molecule has 6 nitrogen and oxygen atoms in total. The third kappa shape index (κ3) is 1.99. The summed E-state index contributed by atoms with van der Waals surface area (Å²) in [6, 6.07) is 5.58. The average Bonchev–Trinajstić information content (AvgIpc) is 2.93. The van der Waals surface area contributed by atoms with Crippen molar-refractivity contribution in [2.75, 3.05) is 19.5 Å². The molecule has 0 saturated carbocycles. The molecule has 0 spiro atoms. The monoisotopic (exact) mass is 273 g/mol. The van der Waals surface area contributed by atoms with Crippen molar-refractivity contribution < 1.29 is 14.3 Å². The Kier molecular flexibility index (Phi) is 3.06. The maximum Gasteiger partial charge on any atom is 0.226 e. The highest BCUT2D eigenvalue weighted by Crippen LogP contribution is 2.41. The zero-order valence-corrected chi connectivity index (χ0v) is 11.3. The fraction of sp³-hybridized carbons (Fsp3) is 0.286. The van der Waals surface area contributed by atoms with E-state index in [1.807, 2.05) is 18.2 Å². The molecule has 20 heavy (non-hydrogen) atoms. The van der Waals surface area contributed by atoms with Gasteiger partial charge in [-0.05, 0) is 18.2 Å². The molecule has 0 fully saturated rings. The standard InChI is InChI=1S/C14H15N3O3/c1-19-8-3-4-12(20-2)10(5-8)9-6-13(18)16-14-11(9)7-15-17-14/h3-5,7,9H,6H2,1-2H3,(H2,15,16,17,18)/t9-/m1/s1. The summed E-state index contributed by atoms with van der Waals surface area (Å²) in [5, 5.41) is 9.58. The summed E-state index contributed by atoms with van der Waals surface area (Å²) < 4.78 is 10.7. The molecule has 0 saturated heterocycles. The Bertz CT molecular complexity index is 651. The molecule has 6 heteroatoms. The maximum absolute atomic E-state index is 11.8. The fourth-order valence-electron chi connectivity index (χ4n) is 2.53. The van der Waals surface area contributed by atoms with Crippen LogP contribution in [-0.4, -0.2) is 30.3 Å². The van der Waals surface area contributed by atoms with E-state index in [0.717, 1.165) is 22.6 Å². The van der Waals surface area contributed by atoms with E-state index in [1.165, 1.54) is 0 Å². The van der Waals surface area contributed by atoms with E-state index in [1.54, 1.807) is 20.4 Å². The summed E-state index contributed by atoms with van der Waals surface area (Å²) in [6.45, 7) is 0. The first kappa shape index (κ1) is 12.5. The van der Waals surface area contributed by atoms with Crippen LogP contribution < -0.4 is 14.8 Å². The van der Waals surface area contributed by atoms with Gasteiger partial charge in [-0.15, -0.1) is 0 Å². The van der Waals surface area contributed by atoms with Gasteiger partial charge < -0.3 is 14.8 Å². The molecule has 1 amide bonds. The number of rotatable bonds is 3. The van der Waals surface area contributed by atoms with Gasteiger partial charge in [0, 0.05) is 23.5 Å². The van der Waals surface area contributed by atoms with Crippen molar-refractivity contribution in [3.8, 4) is 11.5 Å². The first-order chi connectivity index (χ1) is 9.72. The topological polar surface area (TPSA) is 76.2 Å². The second-order valence-corrected chi connectivity index (χ2v) is 4.61. The number of nitrogens with one attached hydrogen (secondary N) is 2. The van der Waals surface area contributed by atoms with Crippen LogP contribution >= 0.6 is 0 Å². The Hall–Kier alpha value is -2.50. The van der Waals surface area contributed by atoms with Gasteiger partial charge in [0.1, 0.15) is 17.3 Å². The lowest BCUT2D eigenvalue weighted by atomic mass is 9.86. The highest BCUT2D eigenvalue weighted by Gasteiger charge is 2.30. The number of carbonyl (C=O) groups is 1. The second-order valence-electron chi connectivity index (χ2n) is 4.61. The molecular formula is C14H15N3O3. The van der Waals surface area contributed by atoms with Gasteiger partial charge in [0.05, 0.1) is 20.4 Å². The second kappa shape index (κ2) is 4.88. The molecule has 0 bridgehead atoms. The van der Waals surface area contributed by atoms with Crippen molar-refractivity contribution in [1.82, 2.24) is 10.2 Å². The van der Waals surface area contributed by atoms with Crippen LogP contribution in [0, 0.1) is 0 Å². The zero-order chi connectivity index (χ0) is 14.1. The van der Waals surface area contributed by atoms with Gasteiger partial charge in [-0.1, -0.05) is 0 Å². The van der Waals surface area contributed by atoms with E-state index < -0.39 is 0 Å². The summed E-state index contributed by atoms with van der Waals surface area (Å²) in [5.41, 5.74) is 1.88. The van der Waals surface area contributed by atoms with Gasteiger partial charge in [-0.25, -0.2) is 0 Å². The number of H-pyrrole nitrogens is 1. The van der Waals surface area contributed by atoms with E-state index in [4.69, 9.17) is 9.47 Å². The van der Waals surface area contributed by atoms with E-state index in [9.17, 15) is 4.79 Å². The minimum Gasteiger partial charge on any atom is -0.497 e. The summed E-state index contributed by atoms with van der Waals surface area (Å²) in [4.78, 5) is 11.8. The van der Waals surface area contributed by atoms with Gasteiger partial charge in [-0.2, -0.15) is 5.10 Å². The molecule has 3 rings (SSSR count). The number of carbonyl (C=O) groups excluding carboxylic acids is 1. The molecule has 1 aromatic heterocycles. The largest absolute Gasteiger partial charge is 0.497 e. The number of hydrogen-bond acceptors (Lipinski definition) is 4. The molecule has 1 aliphatic rings. The average molecular weight is 273 g/mol. The lowest BCUT2D eigenvalue weighted by molar-refractivity contribution is -0.116. The molecule has 2 heterocycles. The number of fused-ring (bicyclic) bond motifs is 1. The van der Waals surface area contributed by atoms with Gasteiger partial charge in [0.15, 0.2) is 0 Å². The minimum atomic E-state index is -0.0949. The van der Waals surface area contributed by atoms with Crippen molar-refractivity contribution in [2.24, 2.45) is 0 Å². The maximum atomic E-state index is 11.8. The highest BCUT2D eigenvalue weighted by atomic mass is 16.5. The molecule has 2 aromatic rings. The number of anilines is 1. The van der Waals surface area contributed by atoms with Crippen LogP contribution in [0.1, 0.15) is 23.5 Å². The Labute approximate surface area is 116 Å². The molecular weight excluding hydrogens is 258 g/mol. The number of amides is 1. The van der Waals surface area contributed by atoms with Crippen molar-refractivity contribution >= 4 is 11.7 Å². The number of aromatic amines is 1. The van der Waals surface area contributed by atoms with Crippen molar-refractivity contribution in [2.45, 2.75) is 12.3 Å². The summed E-state index contributed by atoms with van der Waals surface area (Å²) in [6.07, 6.45) is 2.09. The van der Waals surface area contributed by atoms with E-state index in [0.29, 0.717) is 12.2 Å². The van der Waals surface area contributed by atoms with Gasteiger partial charge in [0.25, 0.3) is 0 Å². The van der Waals surface area contributed by atoms with Gasteiger partial charge >= 0.3 is 0 Å². The Morgan fingerprint density at radius 2 is 2.10 bits per heavy atom. The molecule has 1 aromatic carbocycles. The van der Waals surface area contributed by atoms with Crippen molar-refractivity contribution in [3.63, 3.8) is 0 Å². The first-order valence-electron chi connectivity index (χ1n) is 6.28. The van der Waals surface area contributed by atoms with Crippen molar-refractivity contribution in [3.05, 3.63) is 35.5 Å². The van der Waals surface area contributed by atoms with Crippen LogP contribution in [0.4, 0.5) is 5.82 Å². The summed E-state index contributed by atoms with van der Waals surface area (Å²) in [7, 11) is 3.23. The molecule has 0 radical (unpaired) electrons. The fourth-order valence-corrected chi connectivity index (χ4v) is 2.53. The number of methoxy groups -OCH3 is 2.